The summed E-state index contributed by atoms with van der Waals surface area (Å²) in [6, 6.07) is 3.50. The van der Waals surface area contributed by atoms with Gasteiger partial charge in [0.05, 0.1) is 0 Å². The Morgan fingerprint density at radius 2 is 2.06 bits per heavy atom. The van der Waals surface area contributed by atoms with E-state index in [-0.39, 0.29) is 0 Å². The number of sulfonamides is 1. The molecule has 0 amide bonds. The number of alkyl halides is 1. The summed E-state index contributed by atoms with van der Waals surface area (Å²) in [5.41, 5.74) is 0. The Balaban J connectivity index is 2.91. The van der Waals surface area contributed by atoms with E-state index in [1.165, 1.54) is 15.6 Å². The van der Waals surface area contributed by atoms with Gasteiger partial charge in [0.15, 0.2) is 0 Å². The SMILES string of the molecule is CCCCN(CCCl)S(=O)(=O)c1ccc(C)s1. The number of halogens is 1. The van der Waals surface area contributed by atoms with Gasteiger partial charge in [-0.1, -0.05) is 13.3 Å². The first kappa shape index (κ1) is 15.0. The average Bonchev–Trinajstić information content (AvgIpc) is 2.71. The van der Waals surface area contributed by atoms with E-state index >= 15 is 0 Å². The van der Waals surface area contributed by atoms with E-state index in [0.717, 1.165) is 17.7 Å². The molecule has 1 aromatic heterocycles. The Bertz CT molecular complexity index is 442. The van der Waals surface area contributed by atoms with Crippen LogP contribution in [0.4, 0.5) is 0 Å². The summed E-state index contributed by atoms with van der Waals surface area (Å²) in [7, 11) is -3.35. The van der Waals surface area contributed by atoms with E-state index in [0.29, 0.717) is 23.2 Å². The smallest absolute Gasteiger partial charge is 0.206 e. The molecule has 0 unspecified atom stereocenters. The standard InChI is InChI=1S/C11H18ClNO2S2/c1-3-4-8-13(9-7-12)17(14,15)11-6-5-10(2)16-11/h5-6H,3-4,7-9H2,1-2H3. The largest absolute Gasteiger partial charge is 0.252 e. The molecule has 0 bridgehead atoms. The fraction of sp³-hybridized carbons (Fsp3) is 0.636. The van der Waals surface area contributed by atoms with Crippen LogP contribution in [0.25, 0.3) is 0 Å². The van der Waals surface area contributed by atoms with Crippen LogP contribution in [0.1, 0.15) is 24.6 Å². The van der Waals surface area contributed by atoms with Gasteiger partial charge in [0.2, 0.25) is 0 Å². The highest BCUT2D eigenvalue weighted by molar-refractivity contribution is 7.91. The van der Waals surface area contributed by atoms with Gasteiger partial charge in [0, 0.05) is 23.8 Å². The van der Waals surface area contributed by atoms with Gasteiger partial charge in [-0.25, -0.2) is 8.42 Å². The quantitative estimate of drug-likeness (QED) is 0.725. The van der Waals surface area contributed by atoms with Gasteiger partial charge in [-0.3, -0.25) is 0 Å². The second-order valence-corrected chi connectivity index (χ2v) is 7.64. The highest BCUT2D eigenvalue weighted by Crippen LogP contribution is 2.24. The highest BCUT2D eigenvalue weighted by Gasteiger charge is 2.24. The van der Waals surface area contributed by atoms with Gasteiger partial charge < -0.3 is 0 Å². The van der Waals surface area contributed by atoms with Crippen molar-refractivity contribution in [2.24, 2.45) is 0 Å². The molecule has 3 nitrogen and oxygen atoms in total. The molecule has 98 valence electrons. The van der Waals surface area contributed by atoms with Crippen LogP contribution in [-0.4, -0.2) is 31.7 Å². The summed E-state index contributed by atoms with van der Waals surface area (Å²) >= 11 is 6.98. The van der Waals surface area contributed by atoms with E-state index in [1.807, 2.05) is 19.9 Å². The van der Waals surface area contributed by atoms with Crippen LogP contribution in [0.5, 0.6) is 0 Å². The minimum absolute atomic E-state index is 0.327. The lowest BCUT2D eigenvalue weighted by atomic mass is 10.3. The van der Waals surface area contributed by atoms with E-state index in [2.05, 4.69) is 0 Å². The van der Waals surface area contributed by atoms with Gasteiger partial charge in [-0.2, -0.15) is 4.31 Å². The van der Waals surface area contributed by atoms with Gasteiger partial charge in [-0.05, 0) is 25.5 Å². The monoisotopic (exact) mass is 295 g/mol. The molecular formula is C11H18ClNO2S2. The molecule has 1 rings (SSSR count). The lowest BCUT2D eigenvalue weighted by Gasteiger charge is -2.19. The summed E-state index contributed by atoms with van der Waals surface area (Å²) in [6.07, 6.45) is 1.83. The molecule has 0 aromatic carbocycles. The van der Waals surface area contributed by atoms with Crippen LogP contribution in [0.3, 0.4) is 0 Å². The lowest BCUT2D eigenvalue weighted by Crippen LogP contribution is -2.33. The summed E-state index contributed by atoms with van der Waals surface area (Å²) < 4.78 is 26.5. The summed E-state index contributed by atoms with van der Waals surface area (Å²) in [5.74, 6) is 0.327. The molecule has 0 radical (unpaired) electrons. The summed E-state index contributed by atoms with van der Waals surface area (Å²) in [4.78, 5) is 1.00. The Hall–Kier alpha value is -0.100. The zero-order valence-electron chi connectivity index (χ0n) is 10.1. The molecule has 0 atom stereocenters. The maximum Gasteiger partial charge on any atom is 0.252 e. The number of rotatable bonds is 7. The van der Waals surface area contributed by atoms with E-state index < -0.39 is 10.0 Å². The van der Waals surface area contributed by atoms with Crippen LogP contribution in [0, 0.1) is 6.92 Å². The molecule has 0 saturated heterocycles. The molecule has 0 aliphatic heterocycles. The summed E-state index contributed by atoms with van der Waals surface area (Å²) in [5, 5.41) is 0. The number of thiophene rings is 1. The molecule has 1 aromatic rings. The maximum absolute atomic E-state index is 12.3. The number of unbranched alkanes of at least 4 members (excludes halogenated alkanes) is 1. The second kappa shape index (κ2) is 6.73. The highest BCUT2D eigenvalue weighted by atomic mass is 35.5. The van der Waals surface area contributed by atoms with Crippen LogP contribution in [0.2, 0.25) is 0 Å². The van der Waals surface area contributed by atoms with Crippen LogP contribution in [-0.2, 0) is 10.0 Å². The van der Waals surface area contributed by atoms with E-state index in [4.69, 9.17) is 11.6 Å². The molecular weight excluding hydrogens is 278 g/mol. The number of nitrogens with zero attached hydrogens (tertiary/aromatic N) is 1. The Kier molecular flexibility index (Phi) is 5.92. The lowest BCUT2D eigenvalue weighted by molar-refractivity contribution is 0.421. The maximum atomic E-state index is 12.3. The van der Waals surface area contributed by atoms with Crippen molar-refractivity contribution in [2.75, 3.05) is 19.0 Å². The predicted octanol–water partition coefficient (Wildman–Crippen LogP) is 3.09. The third-order valence-electron chi connectivity index (χ3n) is 2.40. The molecule has 0 fully saturated rings. The fourth-order valence-corrected chi connectivity index (χ4v) is 4.68. The molecule has 0 spiro atoms. The Morgan fingerprint density at radius 1 is 1.35 bits per heavy atom. The fourth-order valence-electron chi connectivity index (χ4n) is 1.46. The third kappa shape index (κ3) is 3.95. The van der Waals surface area contributed by atoms with E-state index in [1.54, 1.807) is 6.07 Å². The van der Waals surface area contributed by atoms with Crippen molar-refractivity contribution in [1.29, 1.82) is 0 Å². The van der Waals surface area contributed by atoms with Crippen molar-refractivity contribution in [3.05, 3.63) is 17.0 Å². The first-order valence-corrected chi connectivity index (χ1v) is 8.44. The minimum atomic E-state index is -3.35. The average molecular weight is 296 g/mol. The molecule has 1 heterocycles. The normalized spacial score (nSPS) is 12.2. The van der Waals surface area contributed by atoms with Gasteiger partial charge in [0.25, 0.3) is 10.0 Å². The van der Waals surface area contributed by atoms with Gasteiger partial charge >= 0.3 is 0 Å². The first-order chi connectivity index (χ1) is 8.02. The molecule has 0 aliphatic carbocycles. The predicted molar refractivity (Wildman–Crippen MR) is 73.4 cm³/mol. The van der Waals surface area contributed by atoms with Crippen molar-refractivity contribution >= 4 is 33.0 Å². The van der Waals surface area contributed by atoms with E-state index in [9.17, 15) is 8.42 Å². The van der Waals surface area contributed by atoms with Crippen molar-refractivity contribution in [2.45, 2.75) is 30.9 Å². The first-order valence-electron chi connectivity index (χ1n) is 5.65. The van der Waals surface area contributed by atoms with Gasteiger partial charge in [0.1, 0.15) is 4.21 Å². The second-order valence-electron chi connectivity index (χ2n) is 3.81. The Morgan fingerprint density at radius 3 is 2.53 bits per heavy atom. The zero-order valence-corrected chi connectivity index (χ0v) is 12.5. The molecule has 0 saturated carbocycles. The molecule has 6 heteroatoms. The Labute approximate surface area is 112 Å². The number of aryl methyl sites for hydroxylation is 1. The van der Waals surface area contributed by atoms with Crippen molar-refractivity contribution in [1.82, 2.24) is 4.31 Å². The summed E-state index contributed by atoms with van der Waals surface area (Å²) in [6.45, 7) is 4.87. The van der Waals surface area contributed by atoms with Crippen molar-refractivity contribution < 1.29 is 8.42 Å². The van der Waals surface area contributed by atoms with Crippen LogP contribution in [0.15, 0.2) is 16.3 Å². The number of hydrogen-bond acceptors (Lipinski definition) is 3. The van der Waals surface area contributed by atoms with Gasteiger partial charge in [-0.15, -0.1) is 22.9 Å². The number of hydrogen-bond donors (Lipinski definition) is 0. The third-order valence-corrected chi connectivity index (χ3v) is 5.94. The minimum Gasteiger partial charge on any atom is -0.206 e. The molecule has 0 aliphatic rings. The topological polar surface area (TPSA) is 37.4 Å². The van der Waals surface area contributed by atoms with Crippen LogP contribution < -0.4 is 0 Å². The molecule has 17 heavy (non-hydrogen) atoms. The van der Waals surface area contributed by atoms with Crippen LogP contribution >= 0.6 is 22.9 Å². The molecule has 0 N–H and O–H groups in total. The van der Waals surface area contributed by atoms with Crippen molar-refractivity contribution in [3.63, 3.8) is 0 Å². The van der Waals surface area contributed by atoms with Crippen molar-refractivity contribution in [3.8, 4) is 0 Å². The zero-order chi connectivity index (χ0) is 12.9.